The lowest BCUT2D eigenvalue weighted by Crippen LogP contribution is -2.46. The monoisotopic (exact) mass is 316 g/mol. The van der Waals surface area contributed by atoms with Crippen LogP contribution < -0.4 is 5.32 Å². The van der Waals surface area contributed by atoms with E-state index in [4.69, 9.17) is 9.15 Å². The number of hydrogen-bond acceptors (Lipinski definition) is 3. The third-order valence-electron chi connectivity index (χ3n) is 4.55. The van der Waals surface area contributed by atoms with Crippen LogP contribution in [0.15, 0.2) is 28.7 Å². The van der Waals surface area contributed by atoms with Crippen molar-refractivity contribution in [1.29, 1.82) is 0 Å². The van der Waals surface area contributed by atoms with E-state index >= 15 is 0 Å². The Morgan fingerprint density at radius 3 is 3.04 bits per heavy atom. The maximum Gasteiger partial charge on any atom is 0.317 e. The number of nitrogens with one attached hydrogen (secondary N) is 1. The minimum atomic E-state index is -0.0225. The van der Waals surface area contributed by atoms with Gasteiger partial charge in [0.05, 0.1) is 13.2 Å². The fourth-order valence-corrected chi connectivity index (χ4v) is 3.28. The van der Waals surface area contributed by atoms with Crippen molar-refractivity contribution in [3.05, 3.63) is 35.6 Å². The average molecular weight is 316 g/mol. The number of para-hydroxylation sites is 1. The van der Waals surface area contributed by atoms with Gasteiger partial charge in [-0.1, -0.05) is 18.2 Å². The van der Waals surface area contributed by atoms with E-state index in [0.29, 0.717) is 19.1 Å². The Balaban J connectivity index is 1.60. The van der Waals surface area contributed by atoms with Gasteiger partial charge in [0.1, 0.15) is 11.3 Å². The fraction of sp³-hybridized carbons (Fsp3) is 0.500. The second-order valence-electron chi connectivity index (χ2n) is 6.21. The van der Waals surface area contributed by atoms with Gasteiger partial charge in [0, 0.05) is 37.1 Å². The third kappa shape index (κ3) is 3.50. The first-order valence-electron chi connectivity index (χ1n) is 8.17. The van der Waals surface area contributed by atoms with E-state index in [2.05, 4.69) is 5.32 Å². The van der Waals surface area contributed by atoms with E-state index in [0.717, 1.165) is 48.2 Å². The van der Waals surface area contributed by atoms with Crippen LogP contribution in [0, 0.1) is 12.8 Å². The van der Waals surface area contributed by atoms with Crippen LogP contribution in [-0.2, 0) is 11.3 Å². The molecular weight excluding hydrogens is 292 g/mol. The molecule has 2 aromatic rings. The highest BCUT2D eigenvalue weighted by molar-refractivity contribution is 5.82. The molecule has 1 fully saturated rings. The highest BCUT2D eigenvalue weighted by Gasteiger charge is 2.23. The van der Waals surface area contributed by atoms with Gasteiger partial charge in [-0.2, -0.15) is 0 Å². The zero-order valence-electron chi connectivity index (χ0n) is 13.8. The number of hydrogen-bond donors (Lipinski definition) is 1. The molecule has 0 saturated carbocycles. The lowest BCUT2D eigenvalue weighted by Gasteiger charge is -2.32. The van der Waals surface area contributed by atoms with Crippen molar-refractivity contribution in [3.8, 4) is 0 Å². The van der Waals surface area contributed by atoms with Crippen LogP contribution in [0.2, 0.25) is 0 Å². The highest BCUT2D eigenvalue weighted by Crippen LogP contribution is 2.24. The Kier molecular flexibility index (Phi) is 4.86. The van der Waals surface area contributed by atoms with E-state index in [1.165, 1.54) is 0 Å². The summed E-state index contributed by atoms with van der Waals surface area (Å²) < 4.78 is 11.1. The second-order valence-corrected chi connectivity index (χ2v) is 6.21. The van der Waals surface area contributed by atoms with Gasteiger partial charge in [-0.25, -0.2) is 4.79 Å². The molecule has 0 spiro atoms. The van der Waals surface area contributed by atoms with Gasteiger partial charge in [0.15, 0.2) is 0 Å². The molecule has 124 valence electrons. The van der Waals surface area contributed by atoms with Crippen LogP contribution in [-0.4, -0.2) is 37.7 Å². The molecule has 5 nitrogen and oxygen atoms in total. The quantitative estimate of drug-likeness (QED) is 0.941. The number of furan rings is 1. The van der Waals surface area contributed by atoms with E-state index in [-0.39, 0.29) is 6.03 Å². The number of likely N-dealkylation sites (tertiary alicyclic amines) is 1. The molecular formula is C18H24N2O3. The van der Waals surface area contributed by atoms with Crippen LogP contribution in [0.3, 0.4) is 0 Å². The zero-order valence-corrected chi connectivity index (χ0v) is 13.8. The summed E-state index contributed by atoms with van der Waals surface area (Å²) in [5, 5.41) is 4.09. The largest absolute Gasteiger partial charge is 0.459 e. The minimum Gasteiger partial charge on any atom is -0.459 e. The van der Waals surface area contributed by atoms with Crippen LogP contribution in [0.5, 0.6) is 0 Å². The van der Waals surface area contributed by atoms with Crippen molar-refractivity contribution >= 4 is 17.0 Å². The van der Waals surface area contributed by atoms with Crippen LogP contribution in [0.1, 0.15) is 24.2 Å². The summed E-state index contributed by atoms with van der Waals surface area (Å²) in [7, 11) is 1.71. The molecule has 23 heavy (non-hydrogen) atoms. The summed E-state index contributed by atoms with van der Waals surface area (Å²) in [6.07, 6.45) is 2.16. The molecule has 1 aromatic heterocycles. The van der Waals surface area contributed by atoms with E-state index in [9.17, 15) is 4.79 Å². The number of carbonyl (C=O) groups excluding carboxylic acids is 1. The predicted octanol–water partition coefficient (Wildman–Crippen LogP) is 3.31. The first-order valence-corrected chi connectivity index (χ1v) is 8.17. The van der Waals surface area contributed by atoms with Crippen molar-refractivity contribution in [2.75, 3.05) is 26.8 Å². The van der Waals surface area contributed by atoms with E-state index in [1.54, 1.807) is 7.11 Å². The number of urea groups is 1. The molecule has 1 saturated heterocycles. The molecule has 0 aliphatic carbocycles. The number of benzene rings is 1. The molecule has 0 bridgehead atoms. The lowest BCUT2D eigenvalue weighted by atomic mass is 9.99. The third-order valence-corrected chi connectivity index (χ3v) is 4.55. The maximum absolute atomic E-state index is 12.4. The molecule has 1 aliphatic rings. The average Bonchev–Trinajstić information content (AvgIpc) is 2.90. The number of fused-ring (bicyclic) bond motifs is 1. The van der Waals surface area contributed by atoms with Gasteiger partial charge in [-0.3, -0.25) is 0 Å². The Labute approximate surface area is 136 Å². The topological polar surface area (TPSA) is 54.7 Å². The van der Waals surface area contributed by atoms with Crippen molar-refractivity contribution in [3.63, 3.8) is 0 Å². The van der Waals surface area contributed by atoms with Crippen LogP contribution in [0.4, 0.5) is 4.79 Å². The number of carbonyl (C=O) groups is 1. The Bertz CT molecular complexity index is 678. The van der Waals surface area contributed by atoms with Gasteiger partial charge in [0.2, 0.25) is 0 Å². The molecule has 5 heteroatoms. The highest BCUT2D eigenvalue weighted by atomic mass is 16.5. The van der Waals surface area contributed by atoms with E-state index < -0.39 is 0 Å². The Hall–Kier alpha value is -2.01. The Morgan fingerprint density at radius 1 is 1.43 bits per heavy atom. The summed E-state index contributed by atoms with van der Waals surface area (Å²) in [5.41, 5.74) is 1.96. The first-order chi connectivity index (χ1) is 11.2. The van der Waals surface area contributed by atoms with Crippen molar-refractivity contribution in [2.45, 2.75) is 26.3 Å². The fourth-order valence-electron chi connectivity index (χ4n) is 3.28. The number of aryl methyl sites for hydroxylation is 1. The van der Waals surface area contributed by atoms with Gasteiger partial charge in [-0.15, -0.1) is 0 Å². The predicted molar refractivity (Wildman–Crippen MR) is 89.4 cm³/mol. The molecule has 1 aromatic carbocycles. The molecule has 2 amide bonds. The van der Waals surface area contributed by atoms with Crippen molar-refractivity contribution in [2.24, 2.45) is 5.92 Å². The lowest BCUT2D eigenvalue weighted by molar-refractivity contribution is 0.100. The molecule has 0 radical (unpaired) electrons. The van der Waals surface area contributed by atoms with Gasteiger partial charge in [0.25, 0.3) is 0 Å². The number of piperidine rings is 1. The zero-order chi connectivity index (χ0) is 16.2. The first kappa shape index (κ1) is 15.9. The molecule has 2 heterocycles. The number of ether oxygens (including phenoxy) is 1. The normalized spacial score (nSPS) is 18.3. The summed E-state index contributed by atoms with van der Waals surface area (Å²) in [5.74, 6) is 1.26. The maximum atomic E-state index is 12.4. The molecule has 1 N–H and O–H groups in total. The van der Waals surface area contributed by atoms with Crippen LogP contribution in [0.25, 0.3) is 11.0 Å². The molecule has 0 unspecified atom stereocenters. The molecule has 1 atom stereocenters. The van der Waals surface area contributed by atoms with Gasteiger partial charge >= 0.3 is 6.03 Å². The standard InChI is InChI=1S/C18H24N2O3/c1-13-15-7-3-4-8-16(15)23-17(13)10-19-18(21)20-9-5-6-14(11-20)12-22-2/h3-4,7-8,14H,5-6,9-12H2,1-2H3,(H,19,21)/t14-/m0/s1. The SMILES string of the molecule is COC[C@H]1CCCN(C(=O)NCc2oc3ccccc3c2C)C1. The number of methoxy groups -OCH3 is 1. The summed E-state index contributed by atoms with van der Waals surface area (Å²) in [6.45, 7) is 4.74. The van der Waals surface area contributed by atoms with Crippen LogP contribution >= 0.6 is 0 Å². The summed E-state index contributed by atoms with van der Waals surface area (Å²) in [4.78, 5) is 14.3. The number of rotatable bonds is 4. The summed E-state index contributed by atoms with van der Waals surface area (Å²) >= 11 is 0. The number of nitrogens with zero attached hydrogens (tertiary/aromatic N) is 1. The van der Waals surface area contributed by atoms with E-state index in [1.807, 2.05) is 36.1 Å². The second kappa shape index (κ2) is 7.04. The number of amides is 2. The Morgan fingerprint density at radius 2 is 2.26 bits per heavy atom. The summed E-state index contributed by atoms with van der Waals surface area (Å²) in [6, 6.07) is 7.92. The van der Waals surface area contributed by atoms with Gasteiger partial charge in [-0.05, 0) is 25.8 Å². The molecule has 3 rings (SSSR count). The molecule has 1 aliphatic heterocycles. The minimum absolute atomic E-state index is 0.0225. The smallest absolute Gasteiger partial charge is 0.317 e. The van der Waals surface area contributed by atoms with Crippen molar-refractivity contribution in [1.82, 2.24) is 10.2 Å². The van der Waals surface area contributed by atoms with Gasteiger partial charge < -0.3 is 19.4 Å². The van der Waals surface area contributed by atoms with Crippen molar-refractivity contribution < 1.29 is 13.9 Å².